The first-order valence-electron chi connectivity index (χ1n) is 8.16. The molecule has 0 saturated carbocycles. The summed E-state index contributed by atoms with van der Waals surface area (Å²) in [7, 11) is 2.16. The molecule has 1 fully saturated rings. The number of anilines is 1. The van der Waals surface area contributed by atoms with Crippen LogP contribution in [0, 0.1) is 11.3 Å². The van der Waals surface area contributed by atoms with E-state index in [4.69, 9.17) is 5.26 Å². The van der Waals surface area contributed by atoms with Crippen molar-refractivity contribution in [3.8, 4) is 17.2 Å². The highest BCUT2D eigenvalue weighted by Crippen LogP contribution is 2.31. The molecule has 1 aliphatic rings. The van der Waals surface area contributed by atoms with E-state index in [1.54, 1.807) is 0 Å². The number of fused-ring (bicyclic) bond motifs is 1. The molecule has 0 aliphatic carbocycles. The molecule has 0 atom stereocenters. The summed E-state index contributed by atoms with van der Waals surface area (Å²) in [5.41, 5.74) is 4.84. The zero-order chi connectivity index (χ0) is 16.5. The second kappa shape index (κ2) is 5.99. The van der Waals surface area contributed by atoms with Gasteiger partial charge in [0.1, 0.15) is 5.65 Å². The van der Waals surface area contributed by atoms with E-state index in [0.717, 1.165) is 54.0 Å². The van der Waals surface area contributed by atoms with Gasteiger partial charge in [-0.2, -0.15) is 5.26 Å². The molecule has 4 rings (SSSR count). The van der Waals surface area contributed by atoms with Gasteiger partial charge in [0.25, 0.3) is 0 Å². The highest BCUT2D eigenvalue weighted by atomic mass is 15.2. The van der Waals surface area contributed by atoms with Crippen LogP contribution in [-0.4, -0.2) is 48.1 Å². The fourth-order valence-electron chi connectivity index (χ4n) is 3.23. The van der Waals surface area contributed by atoms with Gasteiger partial charge in [0.15, 0.2) is 0 Å². The van der Waals surface area contributed by atoms with Gasteiger partial charge in [-0.3, -0.25) is 0 Å². The maximum absolute atomic E-state index is 9.13. The van der Waals surface area contributed by atoms with Gasteiger partial charge >= 0.3 is 0 Å². The smallest absolute Gasteiger partial charge is 0.138 e. The van der Waals surface area contributed by atoms with E-state index in [1.807, 2.05) is 36.7 Å². The van der Waals surface area contributed by atoms with Crippen molar-refractivity contribution in [2.75, 3.05) is 38.1 Å². The molecule has 1 saturated heterocycles. The number of nitriles is 1. The normalized spacial score (nSPS) is 15.6. The molecular formula is C19H19N5. The molecule has 0 bridgehead atoms. The third kappa shape index (κ3) is 2.61. The van der Waals surface area contributed by atoms with Crippen LogP contribution in [0.5, 0.6) is 0 Å². The van der Waals surface area contributed by atoms with Crippen LogP contribution < -0.4 is 4.90 Å². The van der Waals surface area contributed by atoms with E-state index in [-0.39, 0.29) is 0 Å². The van der Waals surface area contributed by atoms with Crippen molar-refractivity contribution in [3.63, 3.8) is 0 Å². The molecule has 24 heavy (non-hydrogen) atoms. The summed E-state index contributed by atoms with van der Waals surface area (Å²) in [6.07, 6.45) is 3.92. The molecule has 120 valence electrons. The van der Waals surface area contributed by atoms with E-state index in [1.165, 1.54) is 0 Å². The number of aromatic nitrogens is 2. The van der Waals surface area contributed by atoms with Crippen molar-refractivity contribution in [1.82, 2.24) is 14.9 Å². The minimum absolute atomic E-state index is 0.671. The van der Waals surface area contributed by atoms with Crippen molar-refractivity contribution in [1.29, 1.82) is 5.26 Å². The lowest BCUT2D eigenvalue weighted by Gasteiger charge is -2.33. The number of aromatic amines is 1. The fourth-order valence-corrected chi connectivity index (χ4v) is 3.23. The molecule has 3 aromatic rings. The van der Waals surface area contributed by atoms with E-state index >= 15 is 0 Å². The summed E-state index contributed by atoms with van der Waals surface area (Å²) in [5.74, 6) is 0. The monoisotopic (exact) mass is 317 g/mol. The number of hydrogen-bond acceptors (Lipinski definition) is 4. The van der Waals surface area contributed by atoms with Gasteiger partial charge in [-0.15, -0.1) is 0 Å². The quantitative estimate of drug-likeness (QED) is 0.789. The maximum atomic E-state index is 9.13. The second-order valence-electron chi connectivity index (χ2n) is 6.27. The topological polar surface area (TPSA) is 58.9 Å². The summed E-state index contributed by atoms with van der Waals surface area (Å²) in [6.45, 7) is 4.19. The third-order valence-corrected chi connectivity index (χ3v) is 4.69. The Hall–Kier alpha value is -2.84. The molecule has 1 aliphatic heterocycles. The first-order valence-corrected chi connectivity index (χ1v) is 8.16. The Kier molecular flexibility index (Phi) is 3.68. The van der Waals surface area contributed by atoms with Crippen molar-refractivity contribution >= 4 is 16.7 Å². The Labute approximate surface area is 141 Å². The van der Waals surface area contributed by atoms with Crippen molar-refractivity contribution < 1.29 is 0 Å². The van der Waals surface area contributed by atoms with Gasteiger partial charge in [-0.05, 0) is 30.8 Å². The molecule has 2 aromatic heterocycles. The number of benzene rings is 1. The van der Waals surface area contributed by atoms with Gasteiger partial charge in [0.05, 0.1) is 23.5 Å². The highest BCUT2D eigenvalue weighted by Gasteiger charge is 2.16. The molecule has 5 heteroatoms. The van der Waals surface area contributed by atoms with Crippen molar-refractivity contribution in [2.24, 2.45) is 0 Å². The molecular weight excluding hydrogens is 298 g/mol. The summed E-state index contributed by atoms with van der Waals surface area (Å²) in [4.78, 5) is 12.6. The SMILES string of the molecule is CN1CCN(c2cnc3[nH]cc(-c4cccc(C#N)c4)c3c2)CC1. The molecule has 0 amide bonds. The molecule has 0 radical (unpaired) electrons. The second-order valence-corrected chi connectivity index (χ2v) is 6.27. The van der Waals surface area contributed by atoms with Crippen LogP contribution in [0.2, 0.25) is 0 Å². The molecule has 1 aromatic carbocycles. The molecule has 0 unspecified atom stereocenters. The van der Waals surface area contributed by atoms with Gasteiger partial charge < -0.3 is 14.8 Å². The maximum Gasteiger partial charge on any atom is 0.138 e. The van der Waals surface area contributed by atoms with Gasteiger partial charge in [0.2, 0.25) is 0 Å². The van der Waals surface area contributed by atoms with E-state index in [0.29, 0.717) is 5.56 Å². The Balaban J connectivity index is 1.75. The summed E-state index contributed by atoms with van der Waals surface area (Å²) in [5, 5.41) is 10.2. The number of likely N-dealkylation sites (N-methyl/N-ethyl adjacent to an activating group) is 1. The highest BCUT2D eigenvalue weighted by molar-refractivity contribution is 5.95. The van der Waals surface area contributed by atoms with Crippen LogP contribution in [-0.2, 0) is 0 Å². The zero-order valence-electron chi connectivity index (χ0n) is 13.7. The number of hydrogen-bond donors (Lipinski definition) is 1. The van der Waals surface area contributed by atoms with Crippen LogP contribution in [0.3, 0.4) is 0 Å². The molecule has 5 nitrogen and oxygen atoms in total. The number of rotatable bonds is 2. The predicted molar refractivity (Wildman–Crippen MR) is 96.0 cm³/mol. The lowest BCUT2D eigenvalue weighted by Crippen LogP contribution is -2.44. The Bertz CT molecular complexity index is 913. The largest absolute Gasteiger partial charge is 0.368 e. The van der Waals surface area contributed by atoms with E-state index in [2.05, 4.69) is 39.0 Å². The molecule has 3 heterocycles. The summed E-state index contributed by atoms with van der Waals surface area (Å²) < 4.78 is 0. The minimum atomic E-state index is 0.671. The average Bonchev–Trinajstić information content (AvgIpc) is 3.05. The summed E-state index contributed by atoms with van der Waals surface area (Å²) in [6, 6.07) is 12.1. The lowest BCUT2D eigenvalue weighted by molar-refractivity contribution is 0.313. The number of piperazine rings is 1. The van der Waals surface area contributed by atoms with Crippen LogP contribution in [0.1, 0.15) is 5.56 Å². The van der Waals surface area contributed by atoms with Gasteiger partial charge in [-0.1, -0.05) is 12.1 Å². The first kappa shape index (κ1) is 14.7. The number of nitrogens with one attached hydrogen (secondary N) is 1. The number of nitrogens with zero attached hydrogens (tertiary/aromatic N) is 4. The Morgan fingerprint density at radius 3 is 2.79 bits per heavy atom. The van der Waals surface area contributed by atoms with Crippen molar-refractivity contribution in [2.45, 2.75) is 0 Å². The summed E-state index contributed by atoms with van der Waals surface area (Å²) >= 11 is 0. The van der Waals surface area contributed by atoms with E-state index < -0.39 is 0 Å². The zero-order valence-corrected chi connectivity index (χ0v) is 13.7. The fraction of sp³-hybridized carbons (Fsp3) is 0.263. The average molecular weight is 317 g/mol. The third-order valence-electron chi connectivity index (χ3n) is 4.69. The minimum Gasteiger partial charge on any atom is -0.368 e. The standard InChI is InChI=1S/C19H19N5/c1-23-5-7-24(8-6-23)16-10-17-18(13-22-19(17)21-12-16)15-4-2-3-14(9-15)11-20/h2-4,9-10,12-13H,5-8H2,1H3,(H,21,22). The van der Waals surface area contributed by atoms with Gasteiger partial charge in [0, 0.05) is 43.3 Å². The van der Waals surface area contributed by atoms with Crippen LogP contribution in [0.25, 0.3) is 22.2 Å². The Morgan fingerprint density at radius 2 is 2.00 bits per heavy atom. The number of H-pyrrole nitrogens is 1. The Morgan fingerprint density at radius 1 is 1.17 bits per heavy atom. The van der Waals surface area contributed by atoms with E-state index in [9.17, 15) is 0 Å². The molecule has 1 N–H and O–H groups in total. The van der Waals surface area contributed by atoms with Gasteiger partial charge in [-0.25, -0.2) is 4.98 Å². The lowest BCUT2D eigenvalue weighted by atomic mass is 10.0. The molecule has 0 spiro atoms. The van der Waals surface area contributed by atoms with Crippen molar-refractivity contribution in [3.05, 3.63) is 48.3 Å². The van der Waals surface area contributed by atoms with Crippen LogP contribution >= 0.6 is 0 Å². The van der Waals surface area contributed by atoms with Crippen LogP contribution in [0.15, 0.2) is 42.7 Å². The first-order chi connectivity index (χ1) is 11.7. The number of pyridine rings is 1. The predicted octanol–water partition coefficient (Wildman–Crippen LogP) is 2.85. The van der Waals surface area contributed by atoms with Crippen LogP contribution in [0.4, 0.5) is 5.69 Å².